The number of hydrogen-bond donors (Lipinski definition) is 1. The summed E-state index contributed by atoms with van der Waals surface area (Å²) in [5.74, 6) is 1.32. The molecule has 0 fully saturated rings. The van der Waals surface area contributed by atoms with E-state index >= 15 is 0 Å². The van der Waals surface area contributed by atoms with Gasteiger partial charge in [0.1, 0.15) is 0 Å². The SMILES string of the molecule is CC(C)C(NCC(C)C(C)(C)C)c1cccs1. The zero-order chi connectivity index (χ0) is 13.1. The Balaban J connectivity index is 2.58. The Morgan fingerprint density at radius 3 is 2.29 bits per heavy atom. The zero-order valence-electron chi connectivity index (χ0n) is 12.1. The molecule has 0 aliphatic heterocycles. The molecule has 1 rings (SSSR count). The third kappa shape index (κ3) is 4.44. The summed E-state index contributed by atoms with van der Waals surface area (Å²) >= 11 is 1.86. The Labute approximate surface area is 111 Å². The van der Waals surface area contributed by atoms with Crippen LogP contribution in [0.2, 0.25) is 0 Å². The number of rotatable bonds is 5. The molecule has 0 aliphatic carbocycles. The summed E-state index contributed by atoms with van der Waals surface area (Å²) in [5, 5.41) is 5.90. The van der Waals surface area contributed by atoms with Gasteiger partial charge in [0.2, 0.25) is 0 Å². The van der Waals surface area contributed by atoms with Gasteiger partial charge in [-0.1, -0.05) is 47.6 Å². The van der Waals surface area contributed by atoms with E-state index in [1.54, 1.807) is 0 Å². The third-order valence-electron chi connectivity index (χ3n) is 3.64. The van der Waals surface area contributed by atoms with Gasteiger partial charge in [-0.2, -0.15) is 0 Å². The van der Waals surface area contributed by atoms with Crippen molar-refractivity contribution in [3.05, 3.63) is 22.4 Å². The lowest BCUT2D eigenvalue weighted by molar-refractivity contribution is 0.237. The van der Waals surface area contributed by atoms with Crippen LogP contribution in [0.5, 0.6) is 0 Å². The highest BCUT2D eigenvalue weighted by molar-refractivity contribution is 7.10. The minimum Gasteiger partial charge on any atom is -0.309 e. The van der Waals surface area contributed by atoms with Crippen LogP contribution in [-0.4, -0.2) is 6.54 Å². The molecule has 0 bridgehead atoms. The van der Waals surface area contributed by atoms with E-state index in [0.717, 1.165) is 6.54 Å². The summed E-state index contributed by atoms with van der Waals surface area (Å²) in [6, 6.07) is 4.88. The maximum absolute atomic E-state index is 3.74. The van der Waals surface area contributed by atoms with Gasteiger partial charge in [-0.05, 0) is 35.2 Å². The van der Waals surface area contributed by atoms with Crippen molar-refractivity contribution >= 4 is 11.3 Å². The predicted molar refractivity (Wildman–Crippen MR) is 78.5 cm³/mol. The summed E-state index contributed by atoms with van der Waals surface area (Å²) < 4.78 is 0. The number of hydrogen-bond acceptors (Lipinski definition) is 2. The average Bonchev–Trinajstić information content (AvgIpc) is 2.69. The Morgan fingerprint density at radius 1 is 1.24 bits per heavy atom. The fraction of sp³-hybridized carbons (Fsp3) is 0.733. The molecule has 2 heteroatoms. The molecule has 0 spiro atoms. The Kier molecular flexibility index (Phi) is 5.21. The van der Waals surface area contributed by atoms with Crippen LogP contribution < -0.4 is 5.32 Å². The van der Waals surface area contributed by atoms with E-state index in [4.69, 9.17) is 0 Å². The van der Waals surface area contributed by atoms with Crippen molar-refractivity contribution in [1.29, 1.82) is 0 Å². The van der Waals surface area contributed by atoms with E-state index in [1.807, 2.05) is 11.3 Å². The lowest BCUT2D eigenvalue weighted by Gasteiger charge is -2.30. The van der Waals surface area contributed by atoms with Gasteiger partial charge in [0.25, 0.3) is 0 Å². The van der Waals surface area contributed by atoms with Gasteiger partial charge >= 0.3 is 0 Å². The van der Waals surface area contributed by atoms with Gasteiger partial charge in [-0.25, -0.2) is 0 Å². The zero-order valence-corrected chi connectivity index (χ0v) is 12.9. The Bertz CT molecular complexity index is 308. The second kappa shape index (κ2) is 6.01. The summed E-state index contributed by atoms with van der Waals surface area (Å²) in [7, 11) is 0. The van der Waals surface area contributed by atoms with Gasteiger partial charge in [0.05, 0.1) is 0 Å². The van der Waals surface area contributed by atoms with Crippen LogP contribution in [0.15, 0.2) is 17.5 Å². The molecule has 1 aromatic heterocycles. The van der Waals surface area contributed by atoms with E-state index in [1.165, 1.54) is 4.88 Å². The predicted octanol–water partition coefficient (Wildman–Crippen LogP) is 4.72. The first-order chi connectivity index (χ1) is 7.82. The van der Waals surface area contributed by atoms with Crippen molar-refractivity contribution in [3.8, 4) is 0 Å². The van der Waals surface area contributed by atoms with Crippen LogP contribution in [0.25, 0.3) is 0 Å². The van der Waals surface area contributed by atoms with Crippen molar-refractivity contribution < 1.29 is 0 Å². The maximum Gasteiger partial charge on any atom is 0.0438 e. The van der Waals surface area contributed by atoms with Crippen LogP contribution in [-0.2, 0) is 0 Å². The van der Waals surface area contributed by atoms with Crippen molar-refractivity contribution in [2.24, 2.45) is 17.3 Å². The fourth-order valence-electron chi connectivity index (χ4n) is 1.74. The first-order valence-corrected chi connectivity index (χ1v) is 7.47. The summed E-state index contributed by atoms with van der Waals surface area (Å²) in [4.78, 5) is 1.46. The summed E-state index contributed by atoms with van der Waals surface area (Å²) in [5.41, 5.74) is 0.379. The van der Waals surface area contributed by atoms with Crippen molar-refractivity contribution in [2.45, 2.75) is 47.6 Å². The largest absolute Gasteiger partial charge is 0.309 e. The first-order valence-electron chi connectivity index (χ1n) is 6.59. The molecule has 0 aromatic carbocycles. The van der Waals surface area contributed by atoms with Gasteiger partial charge in [-0.3, -0.25) is 0 Å². The Morgan fingerprint density at radius 2 is 1.88 bits per heavy atom. The van der Waals surface area contributed by atoms with Crippen molar-refractivity contribution in [2.75, 3.05) is 6.54 Å². The number of thiophene rings is 1. The van der Waals surface area contributed by atoms with Gasteiger partial charge in [0, 0.05) is 10.9 Å². The van der Waals surface area contributed by atoms with E-state index in [2.05, 4.69) is 64.4 Å². The topological polar surface area (TPSA) is 12.0 Å². The van der Waals surface area contributed by atoms with Crippen molar-refractivity contribution in [1.82, 2.24) is 5.32 Å². The maximum atomic E-state index is 3.74. The molecule has 2 unspecified atom stereocenters. The molecule has 98 valence electrons. The summed E-state index contributed by atoms with van der Waals surface area (Å²) in [6.07, 6.45) is 0. The quantitative estimate of drug-likeness (QED) is 0.801. The van der Waals surface area contributed by atoms with Crippen molar-refractivity contribution in [3.63, 3.8) is 0 Å². The average molecular weight is 253 g/mol. The first kappa shape index (κ1) is 14.7. The lowest BCUT2D eigenvalue weighted by Crippen LogP contribution is -2.34. The lowest BCUT2D eigenvalue weighted by atomic mass is 9.82. The van der Waals surface area contributed by atoms with E-state index < -0.39 is 0 Å². The highest BCUT2D eigenvalue weighted by Gasteiger charge is 2.22. The monoisotopic (exact) mass is 253 g/mol. The van der Waals surface area contributed by atoms with Gasteiger partial charge in [0.15, 0.2) is 0 Å². The standard InChI is InChI=1S/C15H27NS/c1-11(2)14(13-8-7-9-17-13)16-10-12(3)15(4,5)6/h7-9,11-12,14,16H,10H2,1-6H3. The molecular weight excluding hydrogens is 226 g/mol. The van der Waals surface area contributed by atoms with Crippen LogP contribution in [0.1, 0.15) is 52.5 Å². The highest BCUT2D eigenvalue weighted by atomic mass is 32.1. The second-order valence-electron chi connectivity index (χ2n) is 6.41. The van der Waals surface area contributed by atoms with Gasteiger partial charge < -0.3 is 5.32 Å². The van der Waals surface area contributed by atoms with E-state index in [9.17, 15) is 0 Å². The molecule has 0 radical (unpaired) electrons. The van der Waals surface area contributed by atoms with Crippen LogP contribution in [0.4, 0.5) is 0 Å². The van der Waals surface area contributed by atoms with Crippen LogP contribution in [0.3, 0.4) is 0 Å². The molecule has 1 N–H and O–H groups in total. The molecule has 2 atom stereocenters. The molecule has 0 amide bonds. The molecule has 1 heterocycles. The normalized spacial score (nSPS) is 16.2. The van der Waals surface area contributed by atoms with Crippen LogP contribution in [0, 0.1) is 17.3 Å². The summed E-state index contributed by atoms with van der Waals surface area (Å²) in [6.45, 7) is 14.9. The van der Waals surface area contributed by atoms with Crippen LogP contribution >= 0.6 is 11.3 Å². The highest BCUT2D eigenvalue weighted by Crippen LogP contribution is 2.28. The molecule has 0 saturated carbocycles. The number of nitrogens with one attached hydrogen (secondary N) is 1. The third-order valence-corrected chi connectivity index (χ3v) is 4.59. The second-order valence-corrected chi connectivity index (χ2v) is 7.39. The molecule has 0 saturated heterocycles. The minimum atomic E-state index is 0.379. The van der Waals surface area contributed by atoms with E-state index in [-0.39, 0.29) is 0 Å². The Hall–Kier alpha value is -0.340. The molecule has 0 aliphatic rings. The fourth-order valence-corrected chi connectivity index (χ4v) is 2.72. The molecule has 1 aromatic rings. The molecule has 1 nitrogen and oxygen atoms in total. The molecular formula is C15H27NS. The minimum absolute atomic E-state index is 0.379. The molecule has 17 heavy (non-hydrogen) atoms. The van der Waals surface area contributed by atoms with Gasteiger partial charge in [-0.15, -0.1) is 11.3 Å². The van der Waals surface area contributed by atoms with E-state index in [0.29, 0.717) is 23.3 Å². The smallest absolute Gasteiger partial charge is 0.0438 e.